The van der Waals surface area contributed by atoms with Crippen molar-refractivity contribution in [2.24, 2.45) is 5.73 Å². The summed E-state index contributed by atoms with van der Waals surface area (Å²) in [6, 6.07) is 0. The lowest BCUT2D eigenvalue weighted by molar-refractivity contribution is 0.929. The molecule has 0 aliphatic rings. The van der Waals surface area contributed by atoms with E-state index in [-0.39, 0.29) is 34.0 Å². The van der Waals surface area contributed by atoms with Crippen LogP contribution >= 0.6 is 49.9 Å². The zero-order chi connectivity index (χ0) is 6.69. The fourth-order valence-electron chi connectivity index (χ4n) is 0.624. The molecule has 0 amide bonds. The van der Waals surface area contributed by atoms with Crippen LogP contribution < -0.4 is 5.73 Å². The van der Waals surface area contributed by atoms with E-state index < -0.39 is 0 Å². The van der Waals surface area contributed by atoms with Crippen LogP contribution in [-0.4, -0.2) is 16.5 Å². The molecule has 0 aliphatic heterocycles. The number of H-pyrrole nitrogens is 1. The highest BCUT2D eigenvalue weighted by atomic mass is 79.9. The van der Waals surface area contributed by atoms with E-state index in [2.05, 4.69) is 25.9 Å². The van der Waals surface area contributed by atoms with Crippen molar-refractivity contribution in [1.29, 1.82) is 0 Å². The van der Waals surface area contributed by atoms with Gasteiger partial charge < -0.3 is 10.7 Å². The first-order valence-electron chi connectivity index (χ1n) is 2.72. The van der Waals surface area contributed by atoms with Crippen molar-refractivity contribution in [2.45, 2.75) is 6.42 Å². The molecule has 11 heavy (non-hydrogen) atoms. The van der Waals surface area contributed by atoms with Gasteiger partial charge in [-0.05, 0) is 22.5 Å². The van der Waals surface area contributed by atoms with Gasteiger partial charge in [-0.15, -0.1) is 34.0 Å². The van der Waals surface area contributed by atoms with E-state index in [4.69, 9.17) is 5.73 Å². The highest BCUT2D eigenvalue weighted by Gasteiger charge is 1.97. The summed E-state index contributed by atoms with van der Waals surface area (Å²) < 4.78 is 0.868. The SMILES string of the molecule is Br.Br.NCCc1[nH]cnc1Br. The fraction of sp³-hybridized carbons (Fsp3) is 0.400. The van der Waals surface area contributed by atoms with Gasteiger partial charge in [0.05, 0.1) is 12.0 Å². The first-order chi connectivity index (χ1) is 4.34. The van der Waals surface area contributed by atoms with Gasteiger partial charge in [0.2, 0.25) is 0 Å². The Morgan fingerprint density at radius 1 is 1.55 bits per heavy atom. The van der Waals surface area contributed by atoms with Gasteiger partial charge in [0.25, 0.3) is 0 Å². The van der Waals surface area contributed by atoms with Crippen molar-refractivity contribution in [3.63, 3.8) is 0 Å². The number of nitrogens with one attached hydrogen (secondary N) is 1. The summed E-state index contributed by atoms with van der Waals surface area (Å²) in [6.45, 7) is 0.654. The molecular formula is C5H10Br3N3. The molecule has 0 aliphatic carbocycles. The molecule has 0 radical (unpaired) electrons. The molecule has 0 unspecified atom stereocenters. The summed E-state index contributed by atoms with van der Waals surface area (Å²) in [5.41, 5.74) is 6.39. The van der Waals surface area contributed by atoms with E-state index in [0.29, 0.717) is 6.54 Å². The number of rotatable bonds is 2. The van der Waals surface area contributed by atoms with Crippen molar-refractivity contribution in [3.8, 4) is 0 Å². The summed E-state index contributed by atoms with van der Waals surface area (Å²) >= 11 is 3.27. The molecule has 0 atom stereocenters. The second kappa shape index (κ2) is 7.27. The van der Waals surface area contributed by atoms with Crippen LogP contribution in [0.3, 0.4) is 0 Å². The average Bonchev–Trinajstić information content (AvgIpc) is 2.18. The number of hydrogen-bond acceptors (Lipinski definition) is 2. The minimum Gasteiger partial charge on any atom is -0.347 e. The molecule has 1 aromatic rings. The van der Waals surface area contributed by atoms with Crippen LogP contribution in [-0.2, 0) is 6.42 Å². The van der Waals surface area contributed by atoms with Crippen molar-refractivity contribution in [3.05, 3.63) is 16.6 Å². The molecule has 0 spiro atoms. The van der Waals surface area contributed by atoms with Crippen LogP contribution in [0.15, 0.2) is 10.9 Å². The van der Waals surface area contributed by atoms with Gasteiger partial charge in [0.1, 0.15) is 4.60 Å². The molecule has 0 fully saturated rings. The Morgan fingerprint density at radius 2 is 2.18 bits per heavy atom. The van der Waals surface area contributed by atoms with Crippen molar-refractivity contribution in [2.75, 3.05) is 6.54 Å². The molecule has 1 aromatic heterocycles. The first kappa shape index (κ1) is 14.2. The highest BCUT2D eigenvalue weighted by Crippen LogP contribution is 2.09. The third-order valence-electron chi connectivity index (χ3n) is 1.06. The normalized spacial score (nSPS) is 8.18. The number of nitrogens with zero attached hydrogens (tertiary/aromatic N) is 1. The molecule has 3 nitrogen and oxygen atoms in total. The lowest BCUT2D eigenvalue weighted by Gasteiger charge is -1.90. The Bertz CT molecular complexity index is 189. The second-order valence-electron chi connectivity index (χ2n) is 1.71. The predicted octanol–water partition coefficient (Wildman–Crippen LogP) is 1.83. The van der Waals surface area contributed by atoms with E-state index in [1.807, 2.05) is 0 Å². The quantitative estimate of drug-likeness (QED) is 0.854. The van der Waals surface area contributed by atoms with Gasteiger partial charge in [-0.25, -0.2) is 4.98 Å². The molecular weight excluding hydrogens is 342 g/mol. The zero-order valence-corrected chi connectivity index (χ0v) is 10.7. The largest absolute Gasteiger partial charge is 0.347 e. The van der Waals surface area contributed by atoms with Gasteiger partial charge in [-0.3, -0.25) is 0 Å². The Hall–Kier alpha value is 0.610. The van der Waals surface area contributed by atoms with E-state index in [1.165, 1.54) is 0 Å². The van der Waals surface area contributed by atoms with Crippen molar-refractivity contribution in [1.82, 2.24) is 9.97 Å². The van der Waals surface area contributed by atoms with Crippen LogP contribution in [0.5, 0.6) is 0 Å². The maximum Gasteiger partial charge on any atom is 0.127 e. The monoisotopic (exact) mass is 349 g/mol. The number of nitrogens with two attached hydrogens (primary N) is 1. The average molecular weight is 352 g/mol. The van der Waals surface area contributed by atoms with Crippen LogP contribution in [0.2, 0.25) is 0 Å². The minimum absolute atomic E-state index is 0. The highest BCUT2D eigenvalue weighted by molar-refractivity contribution is 9.10. The third kappa shape index (κ3) is 4.25. The second-order valence-corrected chi connectivity index (χ2v) is 2.46. The molecule has 0 saturated heterocycles. The van der Waals surface area contributed by atoms with Gasteiger partial charge in [0, 0.05) is 6.42 Å². The Kier molecular flexibility index (Phi) is 9.35. The van der Waals surface area contributed by atoms with E-state index in [1.54, 1.807) is 6.33 Å². The molecule has 6 heteroatoms. The topological polar surface area (TPSA) is 54.7 Å². The smallest absolute Gasteiger partial charge is 0.127 e. The van der Waals surface area contributed by atoms with Crippen molar-refractivity contribution >= 4 is 49.9 Å². The Morgan fingerprint density at radius 3 is 2.55 bits per heavy atom. The maximum absolute atomic E-state index is 5.32. The van der Waals surface area contributed by atoms with Crippen LogP contribution in [0, 0.1) is 0 Å². The number of hydrogen-bond donors (Lipinski definition) is 2. The molecule has 66 valence electrons. The van der Waals surface area contributed by atoms with Gasteiger partial charge in [-0.2, -0.15) is 0 Å². The van der Waals surface area contributed by atoms with E-state index in [0.717, 1.165) is 16.7 Å². The number of imidazole rings is 1. The molecule has 0 saturated carbocycles. The van der Waals surface area contributed by atoms with Crippen LogP contribution in [0.1, 0.15) is 5.69 Å². The predicted molar refractivity (Wildman–Crippen MR) is 59.7 cm³/mol. The summed E-state index contributed by atoms with van der Waals surface area (Å²) in [5.74, 6) is 0. The number of aromatic amines is 1. The fourth-order valence-corrected chi connectivity index (χ4v) is 1.04. The Labute approximate surface area is 94.8 Å². The molecule has 3 N–H and O–H groups in total. The van der Waals surface area contributed by atoms with E-state index >= 15 is 0 Å². The summed E-state index contributed by atoms with van der Waals surface area (Å²) in [5, 5.41) is 0. The maximum atomic E-state index is 5.32. The molecule has 0 bridgehead atoms. The zero-order valence-electron chi connectivity index (χ0n) is 5.71. The Balaban J connectivity index is 0. The number of aromatic nitrogens is 2. The lowest BCUT2D eigenvalue weighted by Crippen LogP contribution is -2.03. The third-order valence-corrected chi connectivity index (χ3v) is 1.74. The van der Waals surface area contributed by atoms with Gasteiger partial charge in [0.15, 0.2) is 0 Å². The number of halogens is 3. The molecule has 1 heterocycles. The van der Waals surface area contributed by atoms with E-state index in [9.17, 15) is 0 Å². The molecule has 0 aromatic carbocycles. The van der Waals surface area contributed by atoms with Gasteiger partial charge in [-0.1, -0.05) is 0 Å². The lowest BCUT2D eigenvalue weighted by atomic mass is 10.3. The summed E-state index contributed by atoms with van der Waals surface area (Å²) in [6.07, 6.45) is 2.50. The minimum atomic E-state index is 0. The van der Waals surface area contributed by atoms with Gasteiger partial charge >= 0.3 is 0 Å². The van der Waals surface area contributed by atoms with Crippen molar-refractivity contribution < 1.29 is 0 Å². The first-order valence-corrected chi connectivity index (χ1v) is 3.51. The summed E-state index contributed by atoms with van der Waals surface area (Å²) in [4.78, 5) is 6.91. The van der Waals surface area contributed by atoms with Crippen LogP contribution in [0.25, 0.3) is 0 Å². The van der Waals surface area contributed by atoms with Crippen LogP contribution in [0.4, 0.5) is 0 Å². The molecule has 1 rings (SSSR count). The standard InChI is InChI=1S/C5H8BrN3.2BrH/c6-5-4(1-2-7)8-3-9-5;;/h3H,1-2,7H2,(H,8,9);2*1H. The summed E-state index contributed by atoms with van der Waals surface area (Å²) in [7, 11) is 0.